The molecule has 24 heavy (non-hydrogen) atoms. The molecule has 2 aromatic rings. The summed E-state index contributed by atoms with van der Waals surface area (Å²) in [7, 11) is 0. The lowest BCUT2D eigenvalue weighted by Gasteiger charge is -2.29. The number of rotatable bonds is 1. The summed E-state index contributed by atoms with van der Waals surface area (Å²) in [5.74, 6) is -1.23. The molecule has 6 heteroatoms. The van der Waals surface area contributed by atoms with Crippen molar-refractivity contribution in [1.82, 2.24) is 5.32 Å². The van der Waals surface area contributed by atoms with Crippen LogP contribution in [0.3, 0.4) is 0 Å². The number of carbonyl (C=O) groups is 1. The molecule has 2 atom stereocenters. The van der Waals surface area contributed by atoms with Crippen molar-refractivity contribution < 1.29 is 13.6 Å². The molecule has 1 amide bonds. The van der Waals surface area contributed by atoms with Gasteiger partial charge in [0.15, 0.2) is 0 Å². The van der Waals surface area contributed by atoms with Crippen molar-refractivity contribution in [3.63, 3.8) is 0 Å². The van der Waals surface area contributed by atoms with E-state index in [1.165, 1.54) is 18.2 Å². The normalized spacial score (nSPS) is 25.2. The quantitative estimate of drug-likeness (QED) is 0.828. The highest BCUT2D eigenvalue weighted by Gasteiger charge is 2.55. The molecule has 0 saturated carbocycles. The fraction of sp³-hybridized carbons (Fsp3) is 0.278. The molecule has 1 saturated heterocycles. The molecule has 2 heterocycles. The first-order valence-electron chi connectivity index (χ1n) is 7.71. The SMILES string of the molecule is Cc1cc([C@H]2CNC[C@]23C(=O)Nc2cc(Cl)c(F)cc23)ccc1F. The van der Waals surface area contributed by atoms with E-state index in [0.717, 1.165) is 5.56 Å². The van der Waals surface area contributed by atoms with E-state index in [0.29, 0.717) is 29.9 Å². The number of amides is 1. The zero-order chi connectivity index (χ0) is 17.1. The molecule has 0 radical (unpaired) electrons. The van der Waals surface area contributed by atoms with Crippen molar-refractivity contribution >= 4 is 23.2 Å². The summed E-state index contributed by atoms with van der Waals surface area (Å²) in [6.07, 6.45) is 0. The largest absolute Gasteiger partial charge is 0.325 e. The Morgan fingerprint density at radius 2 is 2.00 bits per heavy atom. The lowest BCUT2D eigenvalue weighted by molar-refractivity contribution is -0.120. The number of halogens is 3. The molecule has 0 unspecified atom stereocenters. The van der Waals surface area contributed by atoms with E-state index >= 15 is 0 Å². The van der Waals surface area contributed by atoms with Crippen LogP contribution in [0.15, 0.2) is 30.3 Å². The Balaban J connectivity index is 1.89. The maximum atomic E-state index is 14.0. The third-order valence-electron chi connectivity index (χ3n) is 5.13. The highest BCUT2D eigenvalue weighted by atomic mass is 35.5. The summed E-state index contributed by atoms with van der Waals surface area (Å²) in [6, 6.07) is 7.65. The van der Waals surface area contributed by atoms with Crippen LogP contribution < -0.4 is 10.6 Å². The van der Waals surface area contributed by atoms with Gasteiger partial charge in [-0.15, -0.1) is 0 Å². The molecule has 2 aliphatic rings. The van der Waals surface area contributed by atoms with E-state index in [4.69, 9.17) is 11.6 Å². The molecule has 0 aliphatic carbocycles. The summed E-state index contributed by atoms with van der Waals surface area (Å²) < 4.78 is 27.7. The Morgan fingerprint density at radius 1 is 1.21 bits per heavy atom. The first kappa shape index (κ1) is 15.5. The Bertz CT molecular complexity index is 870. The Kier molecular flexibility index (Phi) is 3.41. The third-order valence-corrected chi connectivity index (χ3v) is 5.42. The number of anilines is 1. The molecular formula is C18H15ClF2N2O. The number of benzene rings is 2. The molecular weight excluding hydrogens is 334 g/mol. The van der Waals surface area contributed by atoms with Gasteiger partial charge in [-0.1, -0.05) is 23.7 Å². The maximum Gasteiger partial charge on any atom is 0.237 e. The van der Waals surface area contributed by atoms with Crippen molar-refractivity contribution in [2.45, 2.75) is 18.3 Å². The van der Waals surface area contributed by atoms with Crippen LogP contribution in [0.1, 0.15) is 22.6 Å². The number of nitrogens with one attached hydrogen (secondary N) is 2. The molecule has 2 aromatic carbocycles. The van der Waals surface area contributed by atoms with Crippen molar-refractivity contribution in [1.29, 1.82) is 0 Å². The summed E-state index contributed by atoms with van der Waals surface area (Å²) >= 11 is 5.84. The van der Waals surface area contributed by atoms with Gasteiger partial charge < -0.3 is 10.6 Å². The zero-order valence-electron chi connectivity index (χ0n) is 12.9. The first-order chi connectivity index (χ1) is 11.4. The number of carbonyl (C=O) groups excluding carboxylic acids is 1. The van der Waals surface area contributed by atoms with Gasteiger partial charge in [0.05, 0.1) is 10.4 Å². The fourth-order valence-corrected chi connectivity index (χ4v) is 4.06. The van der Waals surface area contributed by atoms with Crippen LogP contribution in [0.4, 0.5) is 14.5 Å². The van der Waals surface area contributed by atoms with Gasteiger partial charge in [0.1, 0.15) is 11.6 Å². The van der Waals surface area contributed by atoms with Gasteiger partial charge in [-0.05, 0) is 41.8 Å². The minimum Gasteiger partial charge on any atom is -0.325 e. The maximum absolute atomic E-state index is 14.0. The van der Waals surface area contributed by atoms with Crippen LogP contribution in [-0.2, 0) is 10.2 Å². The van der Waals surface area contributed by atoms with E-state index in [-0.39, 0.29) is 22.7 Å². The van der Waals surface area contributed by atoms with Crippen molar-refractivity contribution in [2.24, 2.45) is 0 Å². The van der Waals surface area contributed by atoms with Crippen LogP contribution in [0, 0.1) is 18.6 Å². The molecule has 0 aromatic heterocycles. The highest BCUT2D eigenvalue weighted by Crippen LogP contribution is 2.50. The van der Waals surface area contributed by atoms with Gasteiger partial charge >= 0.3 is 0 Å². The van der Waals surface area contributed by atoms with Crippen LogP contribution in [0.25, 0.3) is 0 Å². The van der Waals surface area contributed by atoms with Crippen LogP contribution in [-0.4, -0.2) is 19.0 Å². The Morgan fingerprint density at radius 3 is 2.75 bits per heavy atom. The van der Waals surface area contributed by atoms with Crippen LogP contribution in [0.5, 0.6) is 0 Å². The van der Waals surface area contributed by atoms with Crippen LogP contribution >= 0.6 is 11.6 Å². The summed E-state index contributed by atoms with van der Waals surface area (Å²) in [5, 5.41) is 6.03. The van der Waals surface area contributed by atoms with Gasteiger partial charge in [-0.2, -0.15) is 0 Å². The van der Waals surface area contributed by atoms with Crippen LogP contribution in [0.2, 0.25) is 5.02 Å². The van der Waals surface area contributed by atoms with E-state index in [9.17, 15) is 13.6 Å². The monoisotopic (exact) mass is 348 g/mol. The van der Waals surface area contributed by atoms with Gasteiger partial charge in [-0.3, -0.25) is 4.79 Å². The standard InChI is InChI=1S/C18H15ClF2N2O/c1-9-4-10(2-3-14(9)20)12-7-22-8-18(12)11-5-15(21)13(19)6-16(11)23-17(18)24/h2-6,12,22H,7-8H2,1H3,(H,23,24)/t12-,18-/m1/s1. The first-order valence-corrected chi connectivity index (χ1v) is 8.09. The lowest BCUT2D eigenvalue weighted by Crippen LogP contribution is -2.41. The van der Waals surface area contributed by atoms with E-state index in [1.54, 1.807) is 19.1 Å². The number of hydrogen-bond donors (Lipinski definition) is 2. The second kappa shape index (κ2) is 5.26. The van der Waals surface area contributed by atoms with E-state index in [2.05, 4.69) is 10.6 Å². The molecule has 1 fully saturated rings. The summed E-state index contributed by atoms with van der Waals surface area (Å²) in [4.78, 5) is 12.8. The lowest BCUT2D eigenvalue weighted by atomic mass is 9.70. The molecule has 4 rings (SSSR count). The highest BCUT2D eigenvalue weighted by molar-refractivity contribution is 6.31. The van der Waals surface area contributed by atoms with Crippen molar-refractivity contribution in [3.8, 4) is 0 Å². The molecule has 2 aliphatic heterocycles. The smallest absolute Gasteiger partial charge is 0.237 e. The average molecular weight is 349 g/mol. The van der Waals surface area contributed by atoms with Gasteiger partial charge in [0.2, 0.25) is 5.91 Å². The zero-order valence-corrected chi connectivity index (χ0v) is 13.7. The number of hydrogen-bond acceptors (Lipinski definition) is 2. The topological polar surface area (TPSA) is 41.1 Å². The molecule has 1 spiro atoms. The second-order valence-corrected chi connectivity index (χ2v) is 6.84. The fourth-order valence-electron chi connectivity index (χ4n) is 3.90. The predicted molar refractivity (Wildman–Crippen MR) is 88.5 cm³/mol. The molecule has 2 N–H and O–H groups in total. The van der Waals surface area contributed by atoms with Gasteiger partial charge in [0.25, 0.3) is 0 Å². The van der Waals surface area contributed by atoms with Gasteiger partial charge in [-0.25, -0.2) is 8.78 Å². The summed E-state index contributed by atoms with van der Waals surface area (Å²) in [6.45, 7) is 2.65. The van der Waals surface area contributed by atoms with Crippen molar-refractivity contribution in [2.75, 3.05) is 18.4 Å². The number of aryl methyl sites for hydroxylation is 1. The van der Waals surface area contributed by atoms with E-state index < -0.39 is 11.2 Å². The van der Waals surface area contributed by atoms with Crippen molar-refractivity contribution in [3.05, 3.63) is 63.7 Å². The second-order valence-electron chi connectivity index (χ2n) is 6.43. The third kappa shape index (κ3) is 2.01. The minimum atomic E-state index is -0.912. The minimum absolute atomic E-state index is 0.0220. The van der Waals surface area contributed by atoms with Gasteiger partial charge in [0, 0.05) is 24.7 Å². The average Bonchev–Trinajstić information content (AvgIpc) is 3.08. The molecule has 124 valence electrons. The Hall–Kier alpha value is -1.98. The summed E-state index contributed by atoms with van der Waals surface area (Å²) in [5.41, 5.74) is 1.61. The Labute approximate surface area is 143 Å². The molecule has 0 bridgehead atoms. The number of fused-ring (bicyclic) bond motifs is 2. The predicted octanol–water partition coefficient (Wildman–Crippen LogP) is 3.50. The molecule has 3 nitrogen and oxygen atoms in total. The van der Waals surface area contributed by atoms with E-state index in [1.807, 2.05) is 0 Å².